The molecule has 0 saturated carbocycles. The van der Waals surface area contributed by atoms with Crippen LogP contribution in [0.5, 0.6) is 0 Å². The predicted molar refractivity (Wildman–Crippen MR) is 78.7 cm³/mol. The van der Waals surface area contributed by atoms with Crippen molar-refractivity contribution in [1.82, 2.24) is 0 Å². The van der Waals surface area contributed by atoms with Gasteiger partial charge in [-0.25, -0.2) is 0 Å². The van der Waals surface area contributed by atoms with Crippen molar-refractivity contribution >= 4 is 19.9 Å². The maximum Gasteiger partial charge on any atom is 0.673 e. The average molecular weight is 296 g/mol. The molecule has 6 heteroatoms. The number of halogens is 4. The van der Waals surface area contributed by atoms with Crippen LogP contribution in [0.3, 0.4) is 0 Å². The van der Waals surface area contributed by atoms with E-state index < -0.39 is 7.25 Å². The van der Waals surface area contributed by atoms with E-state index in [0.717, 1.165) is 11.7 Å². The minimum absolute atomic E-state index is 0.734. The lowest BCUT2D eigenvalue weighted by Gasteiger charge is -2.14. The molecule has 0 aliphatic carbocycles. The zero-order chi connectivity index (χ0) is 14.9. The van der Waals surface area contributed by atoms with Gasteiger partial charge in [-0.15, -0.1) is 0 Å². The van der Waals surface area contributed by atoms with Crippen LogP contribution < -0.4 is 0 Å². The molecule has 1 aromatic rings. The van der Waals surface area contributed by atoms with Crippen molar-refractivity contribution in [2.24, 2.45) is 0 Å². The van der Waals surface area contributed by atoms with E-state index in [1.54, 1.807) is 0 Å². The molecule has 1 atom stereocenters. The highest BCUT2D eigenvalue weighted by atomic mass is 32.1. The maximum atomic E-state index is 9.75. The number of hydrogen-bond acceptors (Lipinski definition) is 0. The largest absolute Gasteiger partial charge is 0.673 e. The van der Waals surface area contributed by atoms with Gasteiger partial charge in [0.15, 0.2) is 0 Å². The van der Waals surface area contributed by atoms with E-state index in [1.165, 1.54) is 30.4 Å². The van der Waals surface area contributed by atoms with Crippen molar-refractivity contribution in [3.05, 3.63) is 35.4 Å². The summed E-state index contributed by atoms with van der Waals surface area (Å²) >= 11 is 3.58. The van der Waals surface area contributed by atoms with E-state index in [9.17, 15) is 17.3 Å². The molecule has 0 nitrogen and oxygen atoms in total. The Balaban J connectivity index is 0.000000555. The van der Waals surface area contributed by atoms with Crippen LogP contribution in [0.15, 0.2) is 24.3 Å². The summed E-state index contributed by atoms with van der Waals surface area (Å²) in [5.74, 6) is 1.83. The summed E-state index contributed by atoms with van der Waals surface area (Å²) in [5.41, 5.74) is 2.85. The topological polar surface area (TPSA) is 0 Å². The summed E-state index contributed by atoms with van der Waals surface area (Å²) in [6.07, 6.45) is 3.81. The number of benzene rings is 1. The molecule has 0 fully saturated rings. The van der Waals surface area contributed by atoms with E-state index in [0.29, 0.717) is 0 Å². The Kier molecular flexibility index (Phi) is 8.97. The monoisotopic (exact) mass is 296 g/mol. The van der Waals surface area contributed by atoms with Crippen molar-refractivity contribution < 1.29 is 17.3 Å². The van der Waals surface area contributed by atoms with E-state index in [1.807, 2.05) is 0 Å². The molecule has 0 amide bonds. The van der Waals surface area contributed by atoms with Gasteiger partial charge in [0, 0.05) is 0 Å². The standard InChI is InChI=1S/C13H20S.BF4/c1-3-4-12(9-10-14)13-7-5-11(2)6-8-13;2-1(3,4)5/h5-8,12,14H,3-4,9-10H2,1-2H3;/q;-1/p+1. The summed E-state index contributed by atoms with van der Waals surface area (Å²) < 4.78 is 39.0. The normalized spacial score (nSPS) is 12.6. The molecule has 1 aromatic carbocycles. The lowest BCUT2D eigenvalue weighted by molar-refractivity contribution is 0.368. The van der Waals surface area contributed by atoms with E-state index >= 15 is 0 Å². The molecule has 110 valence electrons. The zero-order valence-electron chi connectivity index (χ0n) is 11.3. The van der Waals surface area contributed by atoms with Gasteiger partial charge in [0.1, 0.15) is 5.75 Å². The van der Waals surface area contributed by atoms with Gasteiger partial charge in [-0.1, -0.05) is 43.2 Å². The Morgan fingerprint density at radius 1 is 1.05 bits per heavy atom. The number of rotatable bonds is 5. The van der Waals surface area contributed by atoms with Gasteiger partial charge in [0.2, 0.25) is 0 Å². The SMILES string of the molecule is CCCC(CC[SH2+])c1ccc(C)cc1.F[B-](F)(F)F. The Labute approximate surface area is 118 Å². The zero-order valence-corrected chi connectivity index (χ0v) is 12.3. The van der Waals surface area contributed by atoms with Crippen molar-refractivity contribution in [2.45, 2.75) is 39.0 Å². The molecule has 0 heterocycles. The highest BCUT2D eigenvalue weighted by Crippen LogP contribution is 2.24. The first-order chi connectivity index (χ1) is 8.77. The average Bonchev–Trinajstić information content (AvgIpc) is 2.28. The summed E-state index contributed by atoms with van der Waals surface area (Å²) in [4.78, 5) is 0. The molecule has 1 unspecified atom stereocenters. The van der Waals surface area contributed by atoms with E-state index in [-0.39, 0.29) is 0 Å². The molecule has 1 rings (SSSR count). The predicted octanol–water partition coefficient (Wildman–Crippen LogP) is 4.58. The third kappa shape index (κ3) is 10.9. The summed E-state index contributed by atoms with van der Waals surface area (Å²) in [6.45, 7) is 4.40. The molecular formula is C13H21BF4S. The first-order valence-electron chi connectivity index (χ1n) is 6.36. The van der Waals surface area contributed by atoms with Crippen molar-refractivity contribution in [3.8, 4) is 0 Å². The summed E-state index contributed by atoms with van der Waals surface area (Å²) in [6, 6.07) is 8.98. The first kappa shape index (κ1) is 18.4. The van der Waals surface area contributed by atoms with Crippen molar-refractivity contribution in [3.63, 3.8) is 0 Å². The second kappa shape index (κ2) is 9.29. The molecular weight excluding hydrogens is 275 g/mol. The Morgan fingerprint density at radius 3 is 1.89 bits per heavy atom. The maximum absolute atomic E-state index is 9.75. The Hall–Kier alpha value is -0.645. The highest BCUT2D eigenvalue weighted by Gasteiger charge is 2.20. The molecule has 0 radical (unpaired) electrons. The number of hydrogen-bond donors (Lipinski definition) is 0. The van der Waals surface area contributed by atoms with Crippen LogP contribution in [-0.4, -0.2) is 13.0 Å². The van der Waals surface area contributed by atoms with Gasteiger partial charge < -0.3 is 17.3 Å². The van der Waals surface area contributed by atoms with Gasteiger partial charge >= 0.3 is 7.25 Å². The summed E-state index contributed by atoms with van der Waals surface area (Å²) in [5, 5.41) is 0. The van der Waals surface area contributed by atoms with Crippen molar-refractivity contribution in [2.75, 3.05) is 5.75 Å². The molecule has 0 spiro atoms. The van der Waals surface area contributed by atoms with Crippen LogP contribution in [0.25, 0.3) is 0 Å². The summed E-state index contributed by atoms with van der Waals surface area (Å²) in [7, 11) is -6.00. The van der Waals surface area contributed by atoms with Crippen LogP contribution >= 0.6 is 0 Å². The van der Waals surface area contributed by atoms with Gasteiger partial charge in [0.25, 0.3) is 0 Å². The quantitative estimate of drug-likeness (QED) is 0.424. The lowest BCUT2D eigenvalue weighted by Crippen LogP contribution is -2.02. The fourth-order valence-corrected chi connectivity index (χ4v) is 2.19. The van der Waals surface area contributed by atoms with Gasteiger partial charge in [0.05, 0.1) is 0 Å². The smallest absolute Gasteiger partial charge is 0.418 e. The van der Waals surface area contributed by atoms with Gasteiger partial charge in [-0.3, -0.25) is 0 Å². The fourth-order valence-electron chi connectivity index (χ4n) is 1.84. The lowest BCUT2D eigenvalue weighted by atomic mass is 9.92. The van der Waals surface area contributed by atoms with Gasteiger partial charge in [-0.05, 0) is 43.9 Å². The van der Waals surface area contributed by atoms with Crippen LogP contribution in [0, 0.1) is 6.92 Å². The molecule has 0 aliphatic heterocycles. The minimum Gasteiger partial charge on any atom is -0.418 e. The van der Waals surface area contributed by atoms with Crippen LogP contribution in [0.4, 0.5) is 17.3 Å². The first-order valence-corrected chi connectivity index (χ1v) is 7.07. The second-order valence-electron chi connectivity index (χ2n) is 4.43. The third-order valence-electron chi connectivity index (χ3n) is 2.68. The van der Waals surface area contributed by atoms with Crippen LogP contribution in [0.1, 0.15) is 43.2 Å². The Morgan fingerprint density at radius 2 is 1.53 bits per heavy atom. The second-order valence-corrected chi connectivity index (χ2v) is 4.93. The van der Waals surface area contributed by atoms with E-state index in [2.05, 4.69) is 50.7 Å². The highest BCUT2D eigenvalue weighted by molar-refractivity contribution is 7.58. The van der Waals surface area contributed by atoms with E-state index in [4.69, 9.17) is 0 Å². The molecule has 0 aromatic heterocycles. The number of aryl methyl sites for hydroxylation is 1. The third-order valence-corrected chi connectivity index (χ3v) is 2.97. The Bertz CT molecular complexity index is 325. The molecule has 19 heavy (non-hydrogen) atoms. The molecule has 0 N–H and O–H groups in total. The fraction of sp³-hybridized carbons (Fsp3) is 0.538. The van der Waals surface area contributed by atoms with Crippen LogP contribution in [0.2, 0.25) is 0 Å². The van der Waals surface area contributed by atoms with Crippen LogP contribution in [-0.2, 0) is 12.6 Å². The minimum atomic E-state index is -6.00. The molecule has 0 aliphatic rings. The molecule has 0 saturated heterocycles. The van der Waals surface area contributed by atoms with Gasteiger partial charge in [-0.2, -0.15) is 0 Å². The molecule has 0 bridgehead atoms. The van der Waals surface area contributed by atoms with Crippen molar-refractivity contribution in [1.29, 1.82) is 0 Å².